The van der Waals surface area contributed by atoms with Crippen LogP contribution in [0.2, 0.25) is 10.0 Å². The van der Waals surface area contributed by atoms with E-state index in [2.05, 4.69) is 4.57 Å². The van der Waals surface area contributed by atoms with Crippen molar-refractivity contribution in [3.8, 4) is 5.75 Å². The van der Waals surface area contributed by atoms with Crippen molar-refractivity contribution < 1.29 is 19.4 Å². The third-order valence-electron chi connectivity index (χ3n) is 5.28. The van der Waals surface area contributed by atoms with Crippen LogP contribution in [0.15, 0.2) is 60.7 Å². The molecule has 4 rings (SSSR count). The highest BCUT2D eigenvalue weighted by atomic mass is 35.5. The second-order valence-corrected chi connectivity index (χ2v) is 8.11. The summed E-state index contributed by atoms with van der Waals surface area (Å²) < 4.78 is 13.1. The molecule has 1 atom stereocenters. The lowest BCUT2D eigenvalue weighted by atomic mass is 10.1. The first-order chi connectivity index (χ1) is 15.0. The molecule has 0 saturated carbocycles. The van der Waals surface area contributed by atoms with Gasteiger partial charge in [0.1, 0.15) is 12.4 Å². The number of methoxy groups -OCH3 is 1. The Bertz CT molecular complexity index is 1170. The number of carboxylic acid groups (broad SMARTS) is 1. The molecule has 4 aromatic rings. The van der Waals surface area contributed by atoms with Crippen LogP contribution in [0.1, 0.15) is 5.56 Å². The van der Waals surface area contributed by atoms with Crippen molar-refractivity contribution in [1.82, 2.24) is 4.57 Å². The molecule has 0 saturated heterocycles. The first-order valence-corrected chi connectivity index (χ1v) is 10.6. The maximum Gasteiger partial charge on any atom is 0.333 e. The summed E-state index contributed by atoms with van der Waals surface area (Å²) in [5, 5.41) is 12.6. The van der Waals surface area contributed by atoms with Crippen LogP contribution in [0.25, 0.3) is 21.8 Å². The van der Waals surface area contributed by atoms with Gasteiger partial charge in [0.05, 0.1) is 6.54 Å². The summed E-state index contributed by atoms with van der Waals surface area (Å²) in [5.74, 6) is -0.253. The molecule has 0 bridgehead atoms. The molecule has 160 valence electrons. The average Bonchev–Trinajstić information content (AvgIpc) is 3.05. The Hall–Kier alpha value is -2.73. The third kappa shape index (κ3) is 4.64. The second-order valence-electron chi connectivity index (χ2n) is 7.23. The van der Waals surface area contributed by atoms with E-state index in [1.807, 2.05) is 60.7 Å². The number of nitrogens with zero attached hydrogens (tertiary/aromatic N) is 1. The fraction of sp³-hybridized carbons (Fsp3) is 0.208. The molecule has 0 spiro atoms. The molecule has 0 unspecified atom stereocenters. The molecule has 0 amide bonds. The lowest BCUT2D eigenvalue weighted by molar-refractivity contribution is -0.148. The summed E-state index contributed by atoms with van der Waals surface area (Å²) in [6, 6.07) is 19.1. The Morgan fingerprint density at radius 1 is 0.968 bits per heavy atom. The smallest absolute Gasteiger partial charge is 0.333 e. The average molecular weight is 458 g/mol. The first-order valence-electron chi connectivity index (χ1n) is 9.80. The van der Waals surface area contributed by atoms with E-state index < -0.39 is 12.1 Å². The van der Waals surface area contributed by atoms with E-state index in [1.165, 1.54) is 7.11 Å². The lowest BCUT2D eigenvalue weighted by Crippen LogP contribution is -2.24. The number of aliphatic carboxylic acids is 1. The van der Waals surface area contributed by atoms with Gasteiger partial charge in [0.15, 0.2) is 6.10 Å². The van der Waals surface area contributed by atoms with Gasteiger partial charge in [-0.15, -0.1) is 0 Å². The van der Waals surface area contributed by atoms with Crippen LogP contribution in [0.4, 0.5) is 0 Å². The van der Waals surface area contributed by atoms with Crippen molar-refractivity contribution in [2.24, 2.45) is 0 Å². The molecule has 1 aromatic heterocycles. The van der Waals surface area contributed by atoms with Crippen molar-refractivity contribution in [1.29, 1.82) is 0 Å². The fourth-order valence-electron chi connectivity index (χ4n) is 3.75. The molecule has 31 heavy (non-hydrogen) atoms. The molecule has 7 heteroatoms. The molecular formula is C24H21Cl2NO4. The maximum atomic E-state index is 11.1. The Morgan fingerprint density at radius 2 is 1.55 bits per heavy atom. The van der Waals surface area contributed by atoms with Gasteiger partial charge < -0.3 is 19.1 Å². The highest BCUT2D eigenvalue weighted by molar-refractivity contribution is 6.33. The molecule has 1 N–H and O–H groups in total. The molecule has 0 aliphatic heterocycles. The van der Waals surface area contributed by atoms with Gasteiger partial charge in [-0.1, -0.05) is 35.3 Å². The van der Waals surface area contributed by atoms with Crippen LogP contribution in [0, 0.1) is 0 Å². The highest BCUT2D eigenvalue weighted by Crippen LogP contribution is 2.32. The van der Waals surface area contributed by atoms with E-state index in [0.29, 0.717) is 29.6 Å². The molecule has 3 aromatic carbocycles. The van der Waals surface area contributed by atoms with Crippen LogP contribution in [0.5, 0.6) is 5.75 Å². The Balaban J connectivity index is 1.49. The maximum absolute atomic E-state index is 11.1. The summed E-state index contributed by atoms with van der Waals surface area (Å²) in [6.07, 6.45) is -0.553. The van der Waals surface area contributed by atoms with E-state index in [0.717, 1.165) is 33.1 Å². The molecule has 0 aliphatic rings. The van der Waals surface area contributed by atoms with Gasteiger partial charge in [0.25, 0.3) is 0 Å². The van der Waals surface area contributed by atoms with Gasteiger partial charge in [-0.2, -0.15) is 0 Å². The van der Waals surface area contributed by atoms with Crippen LogP contribution in [-0.2, 0) is 22.5 Å². The number of fused-ring (bicyclic) bond motifs is 3. The van der Waals surface area contributed by atoms with Crippen molar-refractivity contribution in [2.45, 2.75) is 19.1 Å². The zero-order valence-electron chi connectivity index (χ0n) is 16.8. The summed E-state index contributed by atoms with van der Waals surface area (Å²) in [7, 11) is 1.40. The van der Waals surface area contributed by atoms with Gasteiger partial charge >= 0.3 is 5.97 Å². The van der Waals surface area contributed by atoms with Gasteiger partial charge in [-0.25, -0.2) is 4.79 Å². The number of hydrogen-bond donors (Lipinski definition) is 1. The Labute approximate surface area is 189 Å². The zero-order valence-corrected chi connectivity index (χ0v) is 18.4. The Kier molecular flexibility index (Phi) is 6.37. The second kappa shape index (κ2) is 9.18. The summed E-state index contributed by atoms with van der Waals surface area (Å²) in [4.78, 5) is 11.1. The highest BCUT2D eigenvalue weighted by Gasteiger charge is 2.17. The monoisotopic (exact) mass is 457 g/mol. The van der Waals surface area contributed by atoms with E-state index in [4.69, 9.17) is 37.8 Å². The van der Waals surface area contributed by atoms with E-state index in [-0.39, 0.29) is 0 Å². The molecule has 5 nitrogen and oxygen atoms in total. The van der Waals surface area contributed by atoms with E-state index in [9.17, 15) is 4.79 Å². The predicted octanol–water partition coefficient (Wildman–Crippen LogP) is 5.82. The summed E-state index contributed by atoms with van der Waals surface area (Å²) >= 11 is 12.4. The number of carboxylic acids is 1. The predicted molar refractivity (Wildman–Crippen MR) is 124 cm³/mol. The zero-order chi connectivity index (χ0) is 22.0. The molecule has 0 radical (unpaired) electrons. The minimum atomic E-state index is -0.975. The quantitative estimate of drug-likeness (QED) is 0.361. The Morgan fingerprint density at radius 3 is 2.06 bits per heavy atom. The van der Waals surface area contributed by atoms with E-state index in [1.54, 1.807) is 0 Å². The van der Waals surface area contributed by atoms with E-state index >= 15 is 0 Å². The van der Waals surface area contributed by atoms with Crippen LogP contribution >= 0.6 is 23.2 Å². The van der Waals surface area contributed by atoms with Gasteiger partial charge in [0.2, 0.25) is 0 Å². The van der Waals surface area contributed by atoms with Crippen molar-refractivity contribution in [3.05, 3.63) is 76.3 Å². The normalized spacial score (nSPS) is 12.4. The van der Waals surface area contributed by atoms with Crippen molar-refractivity contribution in [3.63, 3.8) is 0 Å². The lowest BCUT2D eigenvalue weighted by Gasteiger charge is -2.12. The molecular weight excluding hydrogens is 437 g/mol. The minimum absolute atomic E-state index is 0.304. The summed E-state index contributed by atoms with van der Waals surface area (Å²) in [5.41, 5.74) is 3.01. The van der Waals surface area contributed by atoms with Gasteiger partial charge in [-0.3, -0.25) is 0 Å². The van der Waals surface area contributed by atoms with Crippen molar-refractivity contribution in [2.75, 3.05) is 13.7 Å². The fourth-order valence-corrected chi connectivity index (χ4v) is 4.10. The third-order valence-corrected chi connectivity index (χ3v) is 5.75. The first kappa shape index (κ1) is 21.5. The molecule has 0 fully saturated rings. The number of ether oxygens (including phenoxy) is 2. The van der Waals surface area contributed by atoms with Crippen LogP contribution in [-0.4, -0.2) is 35.5 Å². The van der Waals surface area contributed by atoms with Crippen LogP contribution < -0.4 is 4.74 Å². The van der Waals surface area contributed by atoms with Crippen molar-refractivity contribution >= 4 is 51.0 Å². The topological polar surface area (TPSA) is 60.7 Å². The minimum Gasteiger partial charge on any atom is -0.492 e. The number of benzene rings is 3. The van der Waals surface area contributed by atoms with Crippen LogP contribution in [0.3, 0.4) is 0 Å². The van der Waals surface area contributed by atoms with Gasteiger partial charge in [0, 0.05) is 45.4 Å². The molecule has 1 heterocycles. The number of carbonyl (C=O) groups is 1. The largest absolute Gasteiger partial charge is 0.492 e. The standard InChI is InChI=1S/C24H21Cl2NO4/c1-30-23(24(28)29)12-15-2-6-18(7-3-15)31-11-10-27-21-8-4-16(25)13-19(21)20-14-17(26)5-9-22(20)27/h2-9,13-14,23H,10-12H2,1H3,(H,28,29)/t23-/m0/s1. The number of hydrogen-bond acceptors (Lipinski definition) is 3. The number of aromatic nitrogens is 1. The van der Waals surface area contributed by atoms with Gasteiger partial charge in [-0.05, 0) is 54.1 Å². The number of halogens is 2. The number of rotatable bonds is 8. The summed E-state index contributed by atoms with van der Waals surface area (Å²) in [6.45, 7) is 1.12. The SMILES string of the molecule is CO[C@@H](Cc1ccc(OCCn2c3ccc(Cl)cc3c3cc(Cl)ccc32)cc1)C(=O)O. The molecule has 0 aliphatic carbocycles.